The summed E-state index contributed by atoms with van der Waals surface area (Å²) in [5.41, 5.74) is 1.51. The first-order chi connectivity index (χ1) is 43.3. The quantitative estimate of drug-likeness (QED) is 0.0819. The largest absolute Gasteiger partial charge is 0.481 e. The molecule has 6 heterocycles. The van der Waals surface area contributed by atoms with Crippen molar-refractivity contribution in [1.29, 1.82) is 0 Å². The van der Waals surface area contributed by atoms with Gasteiger partial charge in [0.05, 0.1) is 59.8 Å². The summed E-state index contributed by atoms with van der Waals surface area (Å²) in [7, 11) is 0. The minimum atomic E-state index is -1.59. The lowest BCUT2D eigenvalue weighted by Crippen LogP contribution is -2.55. The number of hydrogen-bond acceptors (Lipinski definition) is 19. The molecule has 10 atom stereocenters. The molecule has 2 unspecified atom stereocenters. The molecule has 1 aromatic heterocycles. The van der Waals surface area contributed by atoms with Crippen LogP contribution in [0.25, 0.3) is 10.9 Å². The number of aromatic amines is 1. The molecule has 8 rings (SSSR count). The number of hydrogen-bond donors (Lipinski definition) is 8. The summed E-state index contributed by atoms with van der Waals surface area (Å²) in [4.78, 5) is 214. The number of nitrogens with one attached hydrogen (secondary N) is 6. The van der Waals surface area contributed by atoms with Crippen molar-refractivity contribution in [3.05, 3.63) is 29.3 Å². The van der Waals surface area contributed by atoms with Gasteiger partial charge >= 0.3 is 11.9 Å². The lowest BCUT2D eigenvalue weighted by Gasteiger charge is -2.31. The number of Topliss-reactive ketones (excluding diaryl/α,β-unsaturated/α-hetero) is 3. The molecule has 2 aromatic rings. The number of aromatic nitrogens is 1. The maximum atomic E-state index is 14.9. The first-order valence-corrected chi connectivity index (χ1v) is 33.4. The molecule has 0 spiro atoms. The summed E-state index contributed by atoms with van der Waals surface area (Å²) in [5, 5.41) is 34.9. The van der Waals surface area contributed by atoms with E-state index >= 15 is 0 Å². The average molecular weight is 1300 g/mol. The van der Waals surface area contributed by atoms with E-state index in [2.05, 4.69) is 31.6 Å². The van der Waals surface area contributed by atoms with Crippen molar-refractivity contribution in [2.24, 2.45) is 35.5 Å². The zero-order valence-corrected chi connectivity index (χ0v) is 53.1. The van der Waals surface area contributed by atoms with E-state index < -0.39 is 175 Å². The number of fused-ring (bicyclic) bond motifs is 5. The summed E-state index contributed by atoms with van der Waals surface area (Å²) in [6, 6.07) is -0.125. The number of carbonyl (C=O) groups is 15. The fourth-order valence-electron chi connectivity index (χ4n) is 12.6. The number of aliphatic carboxylic acids is 1. The Labute approximate surface area is 533 Å². The Morgan fingerprint density at radius 2 is 1.43 bits per heavy atom. The number of benzene rings is 1. The molecule has 3 saturated heterocycles. The number of aliphatic hydroxyl groups is 1. The highest BCUT2D eigenvalue weighted by Crippen LogP contribution is 2.37. The smallest absolute Gasteiger partial charge is 0.336 e. The number of thioether (sulfide) groups is 2. The number of aliphatic hydroxyl groups excluding tert-OH is 1. The predicted molar refractivity (Wildman–Crippen MR) is 326 cm³/mol. The highest BCUT2D eigenvalue weighted by atomic mass is 32.2. The fourth-order valence-corrected chi connectivity index (χ4v) is 14.9. The van der Waals surface area contributed by atoms with Crippen LogP contribution < -0.4 is 26.6 Å². The number of carboxylic acid groups (broad SMARTS) is 1. The Bertz CT molecular complexity index is 3200. The van der Waals surface area contributed by atoms with E-state index in [0.717, 1.165) is 16.7 Å². The summed E-state index contributed by atoms with van der Waals surface area (Å²) in [6.45, 7) is 5.45. The molecule has 8 N–H and O–H groups in total. The lowest BCUT2D eigenvalue weighted by atomic mass is 9.82. The zero-order valence-electron chi connectivity index (χ0n) is 51.5. The van der Waals surface area contributed by atoms with E-state index in [1.54, 1.807) is 45.9 Å². The van der Waals surface area contributed by atoms with Crippen molar-refractivity contribution in [3.8, 4) is 0 Å². The molecule has 1 saturated carbocycles. The maximum absolute atomic E-state index is 14.9. The molecule has 0 radical (unpaired) electrons. The number of imide groups is 2. The van der Waals surface area contributed by atoms with Gasteiger partial charge in [-0.15, -0.1) is 28.6 Å². The summed E-state index contributed by atoms with van der Waals surface area (Å²) in [5.74, 6) is -14.6. The molecule has 6 aliphatic rings. The number of carbonyl (C=O) groups excluding carboxylic acids is 14. The Balaban J connectivity index is 1.03. The van der Waals surface area contributed by atoms with Gasteiger partial charge in [0, 0.05) is 87.0 Å². The summed E-state index contributed by atoms with van der Waals surface area (Å²) < 4.78 is 0. The predicted octanol–water partition coefficient (Wildman–Crippen LogP) is 1.36. The topological polar surface area (TPSA) is 391 Å². The SMILES string of the molecule is CCC(C)[C@@H]1NC(=O)[C@@H]2C[C@@H](O)CN2C(=O)[C@H](CC(=O)O)CC(=O)[C@@H]2CSc3[nH]c4ccc(CC(=O)CCCSC5CC(=O)N(CC6CCC(C(=O)ON7C(=O)CCC7=O)CC6)C5=O)cc4c3C[C@H](CC1=O)C(=O)NCC(=O)N[C@@H]([C@@H](C)CC)C(=O)NCC(=O)N2. The third-order valence-corrected chi connectivity index (χ3v) is 20.7. The van der Waals surface area contributed by atoms with Gasteiger partial charge in [-0.3, -0.25) is 72.0 Å². The standard InChI is InChI=1S/C62H81N9O18S2/c1-5-31(3)54-46(75)21-36-20-41-40-19-34(18-38(72)8-7-17-90-47-25-52(80)70(61(47)87)28-33-9-12-35(13-10-33)62(88)89-71-50(78)15-16-51(71)79)11-14-42(40)66-59(41)91-30-43(65-48(76)26-64-58(85)55(32(4)6-2)67-49(77)27-63-56(36)83)45(74)22-37(23-53(81)82)60(86)69-29-39(73)24-44(69)57(84)68-54/h11,14,19,31-33,35-37,39,43-44,47,54-55,66,73H,5-10,12-13,15-18,20-30H2,1-4H3,(H,63,83)(H,64,85)(H,65,76)(H,67,77)(H,68,84)(H,81,82)/t31?,32-,33?,35?,36+,37-,39+,43-,44-,47?,54-,55-/m0/s1. The van der Waals surface area contributed by atoms with Gasteiger partial charge in [-0.05, 0) is 85.3 Å². The number of carboxylic acids is 1. The molecule has 4 fully saturated rings. The van der Waals surface area contributed by atoms with Gasteiger partial charge < -0.3 is 51.5 Å². The molecule has 91 heavy (non-hydrogen) atoms. The van der Waals surface area contributed by atoms with Crippen molar-refractivity contribution >= 4 is 123 Å². The third-order valence-electron chi connectivity index (χ3n) is 18.2. The monoisotopic (exact) mass is 1300 g/mol. The Hall–Kier alpha value is -7.53. The number of amides is 10. The van der Waals surface area contributed by atoms with Crippen LogP contribution in [0.4, 0.5) is 0 Å². The molecule has 10 amide bonds. The van der Waals surface area contributed by atoms with Gasteiger partial charge in [-0.2, -0.15) is 0 Å². The number of nitrogens with zero attached hydrogens (tertiary/aromatic N) is 3. The van der Waals surface area contributed by atoms with Crippen LogP contribution >= 0.6 is 23.5 Å². The molecule has 5 aliphatic heterocycles. The molecule has 2 bridgehead atoms. The Morgan fingerprint density at radius 1 is 0.758 bits per heavy atom. The summed E-state index contributed by atoms with van der Waals surface area (Å²) >= 11 is 2.32. The second-order valence-corrected chi connectivity index (χ2v) is 27.2. The van der Waals surface area contributed by atoms with Gasteiger partial charge in [0.1, 0.15) is 17.9 Å². The number of hydroxylamine groups is 2. The lowest BCUT2D eigenvalue weighted by molar-refractivity contribution is -0.201. The fraction of sp³-hybridized carbons (Fsp3) is 0.629. The molecular formula is C62H81N9O18S2. The van der Waals surface area contributed by atoms with Crippen molar-refractivity contribution in [2.75, 3.05) is 37.7 Å². The average Bonchev–Trinajstić information content (AvgIpc) is 1.88. The van der Waals surface area contributed by atoms with Crippen LogP contribution in [0.3, 0.4) is 0 Å². The molecular weight excluding hydrogens is 1220 g/mol. The van der Waals surface area contributed by atoms with Gasteiger partial charge in [-0.25, -0.2) is 4.79 Å². The van der Waals surface area contributed by atoms with E-state index in [0.29, 0.717) is 82.8 Å². The Morgan fingerprint density at radius 3 is 2.11 bits per heavy atom. The number of likely N-dealkylation sites (tertiary alicyclic amines) is 1. The molecule has 27 nitrogen and oxygen atoms in total. The second-order valence-electron chi connectivity index (χ2n) is 24.8. The molecule has 1 aromatic carbocycles. The number of H-pyrrole nitrogens is 1. The molecule has 29 heteroatoms. The van der Waals surface area contributed by atoms with Crippen LogP contribution in [0.2, 0.25) is 0 Å². The van der Waals surface area contributed by atoms with E-state index in [4.69, 9.17) is 4.84 Å². The van der Waals surface area contributed by atoms with Crippen molar-refractivity contribution < 1.29 is 87.0 Å². The third kappa shape index (κ3) is 17.5. The van der Waals surface area contributed by atoms with Gasteiger partial charge in [0.15, 0.2) is 11.6 Å². The Kier molecular flexibility index (Phi) is 23.8. The van der Waals surface area contributed by atoms with Crippen molar-refractivity contribution in [3.63, 3.8) is 0 Å². The van der Waals surface area contributed by atoms with E-state index in [-0.39, 0.29) is 80.8 Å². The number of ketones is 3. The van der Waals surface area contributed by atoms with E-state index in [1.807, 2.05) is 0 Å². The van der Waals surface area contributed by atoms with Crippen LogP contribution in [-0.4, -0.2) is 192 Å². The molecule has 1 aliphatic carbocycles. The first-order valence-electron chi connectivity index (χ1n) is 31.3. The van der Waals surface area contributed by atoms with E-state index in [1.165, 1.54) is 16.7 Å². The van der Waals surface area contributed by atoms with Crippen LogP contribution in [-0.2, 0) is 89.6 Å². The first kappa shape index (κ1) is 69.4. The zero-order chi connectivity index (χ0) is 66.0. The van der Waals surface area contributed by atoms with Crippen LogP contribution in [0.1, 0.15) is 135 Å². The minimum absolute atomic E-state index is 0.000674. The van der Waals surface area contributed by atoms with Crippen molar-refractivity contribution in [2.45, 2.75) is 177 Å². The van der Waals surface area contributed by atoms with Crippen molar-refractivity contribution in [1.82, 2.24) is 46.4 Å². The number of rotatable bonds is 17. The molecule has 494 valence electrons. The van der Waals surface area contributed by atoms with Gasteiger partial charge in [-0.1, -0.05) is 46.6 Å². The minimum Gasteiger partial charge on any atom is -0.481 e. The highest BCUT2D eigenvalue weighted by molar-refractivity contribution is 8.00. The van der Waals surface area contributed by atoms with Crippen LogP contribution in [0.15, 0.2) is 23.2 Å². The van der Waals surface area contributed by atoms with Gasteiger partial charge in [0.25, 0.3) is 11.8 Å². The normalized spacial score (nSPS) is 27.8. The van der Waals surface area contributed by atoms with Gasteiger partial charge in [0.2, 0.25) is 47.3 Å². The van der Waals surface area contributed by atoms with Crippen LogP contribution in [0.5, 0.6) is 0 Å². The second kappa shape index (κ2) is 31.2. The van der Waals surface area contributed by atoms with E-state index in [9.17, 15) is 82.1 Å². The highest BCUT2D eigenvalue weighted by Gasteiger charge is 2.46. The maximum Gasteiger partial charge on any atom is 0.336 e. The van der Waals surface area contributed by atoms with Crippen LogP contribution in [0, 0.1) is 35.5 Å². The summed E-state index contributed by atoms with van der Waals surface area (Å²) in [6.07, 6.45) is -0.838.